The Morgan fingerprint density at radius 3 is 2.49 bits per heavy atom. The van der Waals surface area contributed by atoms with Gasteiger partial charge in [0.15, 0.2) is 11.0 Å². The molecule has 0 radical (unpaired) electrons. The van der Waals surface area contributed by atoms with E-state index in [0.717, 1.165) is 22.6 Å². The van der Waals surface area contributed by atoms with Gasteiger partial charge in [0.25, 0.3) is 5.91 Å². The number of carbonyl (C=O) groups excluding carboxylic acids is 3. The Labute approximate surface area is 224 Å². The van der Waals surface area contributed by atoms with Crippen LogP contribution in [0, 0.1) is 20.8 Å². The van der Waals surface area contributed by atoms with Gasteiger partial charge >= 0.3 is 5.97 Å². The van der Waals surface area contributed by atoms with Gasteiger partial charge in [-0.1, -0.05) is 17.8 Å². The molecule has 3 aromatic rings. The zero-order valence-corrected chi connectivity index (χ0v) is 23.6. The molecule has 2 aromatic heterocycles. The summed E-state index contributed by atoms with van der Waals surface area (Å²) in [5.74, 6) is 0.214. The summed E-state index contributed by atoms with van der Waals surface area (Å²) in [4.78, 5) is 39.5. The Morgan fingerprint density at radius 2 is 1.86 bits per heavy atom. The van der Waals surface area contributed by atoms with E-state index < -0.39 is 5.97 Å². The summed E-state index contributed by atoms with van der Waals surface area (Å²) >= 11 is 2.27. The number of esters is 1. The molecule has 198 valence electrons. The third-order valence-corrected chi connectivity index (χ3v) is 7.84. The van der Waals surface area contributed by atoms with Crippen molar-refractivity contribution >= 4 is 45.9 Å². The van der Waals surface area contributed by atoms with Crippen LogP contribution in [0.3, 0.4) is 0 Å². The van der Waals surface area contributed by atoms with Crippen molar-refractivity contribution in [3.63, 3.8) is 0 Å². The van der Waals surface area contributed by atoms with Gasteiger partial charge in [0.1, 0.15) is 17.4 Å². The number of thiophene rings is 1. The van der Waals surface area contributed by atoms with Crippen LogP contribution in [0.2, 0.25) is 0 Å². The number of benzene rings is 1. The molecule has 0 saturated heterocycles. The van der Waals surface area contributed by atoms with E-state index in [9.17, 15) is 14.4 Å². The molecule has 3 rings (SSSR count). The van der Waals surface area contributed by atoms with E-state index in [1.54, 1.807) is 21.0 Å². The normalized spacial score (nSPS) is 10.8. The van der Waals surface area contributed by atoms with Gasteiger partial charge in [0.2, 0.25) is 5.91 Å². The predicted molar refractivity (Wildman–Crippen MR) is 144 cm³/mol. The fourth-order valence-corrected chi connectivity index (χ4v) is 5.50. The number of aryl methyl sites for hydroxylation is 2. The standard InChI is InChI=1S/C25H31N5O5S2/c1-8-30-18(12-35-17-10-9-14(2)15(3)11-17)27-28-25(30)36-13-19(31)26-22-20(24(33)34-7)16(4)21(37-22)23(32)29(5)6/h9-11H,8,12-13H2,1-7H3,(H,26,31). The van der Waals surface area contributed by atoms with E-state index in [-0.39, 0.29) is 34.7 Å². The number of thioether (sulfide) groups is 1. The third-order valence-electron chi connectivity index (χ3n) is 5.68. The van der Waals surface area contributed by atoms with Gasteiger partial charge in [-0.2, -0.15) is 0 Å². The number of rotatable bonds is 10. The number of ether oxygens (including phenoxy) is 2. The van der Waals surface area contributed by atoms with Gasteiger partial charge in [0, 0.05) is 20.6 Å². The lowest BCUT2D eigenvalue weighted by Gasteiger charge is -2.10. The molecule has 0 fully saturated rings. The number of amides is 2. The first-order chi connectivity index (χ1) is 17.6. The maximum atomic E-state index is 12.8. The van der Waals surface area contributed by atoms with E-state index >= 15 is 0 Å². The topological polar surface area (TPSA) is 116 Å². The Hall–Kier alpha value is -3.38. The van der Waals surface area contributed by atoms with Crippen molar-refractivity contribution in [1.82, 2.24) is 19.7 Å². The average Bonchev–Trinajstić information content (AvgIpc) is 3.41. The van der Waals surface area contributed by atoms with Crippen molar-refractivity contribution in [3.05, 3.63) is 51.2 Å². The molecule has 1 N–H and O–H groups in total. The molecule has 1 aromatic carbocycles. The first-order valence-electron chi connectivity index (χ1n) is 11.5. The Balaban J connectivity index is 1.69. The highest BCUT2D eigenvalue weighted by Gasteiger charge is 2.27. The smallest absolute Gasteiger partial charge is 0.341 e. The SMILES string of the molecule is CCn1c(COc2ccc(C)c(C)c2)nnc1SCC(=O)Nc1sc(C(=O)N(C)C)c(C)c1C(=O)OC. The summed E-state index contributed by atoms with van der Waals surface area (Å²) in [6.45, 7) is 8.56. The predicted octanol–water partition coefficient (Wildman–Crippen LogP) is 4.08. The van der Waals surface area contributed by atoms with Crippen LogP contribution in [0.5, 0.6) is 5.75 Å². The van der Waals surface area contributed by atoms with Gasteiger partial charge in [-0.15, -0.1) is 21.5 Å². The quantitative estimate of drug-likeness (QED) is 0.299. The van der Waals surface area contributed by atoms with Crippen LogP contribution in [-0.4, -0.2) is 64.4 Å². The number of carbonyl (C=O) groups is 3. The molecule has 0 unspecified atom stereocenters. The highest BCUT2D eigenvalue weighted by atomic mass is 32.2. The fraction of sp³-hybridized carbons (Fsp3) is 0.400. The summed E-state index contributed by atoms with van der Waals surface area (Å²) in [6, 6.07) is 5.91. The molecule has 12 heteroatoms. The van der Waals surface area contributed by atoms with E-state index in [0.29, 0.717) is 28.0 Å². The van der Waals surface area contributed by atoms with Crippen LogP contribution in [0.15, 0.2) is 23.4 Å². The largest absolute Gasteiger partial charge is 0.486 e. The Morgan fingerprint density at radius 1 is 1.14 bits per heavy atom. The number of anilines is 1. The number of aromatic nitrogens is 3. The monoisotopic (exact) mass is 545 g/mol. The molecule has 2 heterocycles. The molecule has 0 aliphatic carbocycles. The number of nitrogens with zero attached hydrogens (tertiary/aromatic N) is 4. The summed E-state index contributed by atoms with van der Waals surface area (Å²) in [6.07, 6.45) is 0. The number of methoxy groups -OCH3 is 1. The molecule has 2 amide bonds. The van der Waals surface area contributed by atoms with Crippen molar-refractivity contribution in [2.45, 2.75) is 46.0 Å². The number of hydrogen-bond acceptors (Lipinski definition) is 9. The van der Waals surface area contributed by atoms with Crippen LogP contribution in [0.4, 0.5) is 5.00 Å². The van der Waals surface area contributed by atoms with Crippen LogP contribution in [0.25, 0.3) is 0 Å². The van der Waals surface area contributed by atoms with Crippen LogP contribution >= 0.6 is 23.1 Å². The lowest BCUT2D eigenvalue weighted by atomic mass is 10.1. The second kappa shape index (κ2) is 12.2. The van der Waals surface area contributed by atoms with Crippen molar-refractivity contribution in [3.8, 4) is 5.75 Å². The van der Waals surface area contributed by atoms with Crippen molar-refractivity contribution in [2.75, 3.05) is 32.3 Å². The van der Waals surface area contributed by atoms with Crippen molar-refractivity contribution < 1.29 is 23.9 Å². The summed E-state index contributed by atoms with van der Waals surface area (Å²) in [5.41, 5.74) is 2.99. The van der Waals surface area contributed by atoms with Gasteiger partial charge in [-0.05, 0) is 56.5 Å². The third kappa shape index (κ3) is 6.50. The minimum atomic E-state index is -0.617. The number of nitrogens with one attached hydrogen (secondary N) is 1. The van der Waals surface area contributed by atoms with Gasteiger partial charge in [-0.3, -0.25) is 9.59 Å². The molecular weight excluding hydrogens is 514 g/mol. The molecule has 0 aliphatic rings. The van der Waals surface area contributed by atoms with E-state index in [1.807, 2.05) is 43.5 Å². The van der Waals surface area contributed by atoms with E-state index in [1.165, 1.54) is 29.3 Å². The summed E-state index contributed by atoms with van der Waals surface area (Å²) in [5, 5.41) is 12.1. The lowest BCUT2D eigenvalue weighted by molar-refractivity contribution is -0.113. The van der Waals surface area contributed by atoms with Gasteiger partial charge in [0.05, 0.1) is 23.3 Å². The molecule has 0 aliphatic heterocycles. The molecule has 10 nitrogen and oxygen atoms in total. The zero-order valence-electron chi connectivity index (χ0n) is 22.0. The maximum Gasteiger partial charge on any atom is 0.341 e. The summed E-state index contributed by atoms with van der Waals surface area (Å²) < 4.78 is 12.7. The first kappa shape index (κ1) is 28.2. The summed E-state index contributed by atoms with van der Waals surface area (Å²) in [7, 11) is 4.51. The first-order valence-corrected chi connectivity index (χ1v) is 13.4. The lowest BCUT2D eigenvalue weighted by Crippen LogP contribution is -2.21. The average molecular weight is 546 g/mol. The molecule has 0 atom stereocenters. The second-order valence-electron chi connectivity index (χ2n) is 8.47. The van der Waals surface area contributed by atoms with Crippen molar-refractivity contribution in [2.24, 2.45) is 0 Å². The highest BCUT2D eigenvalue weighted by molar-refractivity contribution is 7.99. The van der Waals surface area contributed by atoms with Crippen LogP contribution in [-0.2, 0) is 22.7 Å². The molecule has 37 heavy (non-hydrogen) atoms. The minimum absolute atomic E-state index is 0.0324. The minimum Gasteiger partial charge on any atom is -0.486 e. The van der Waals surface area contributed by atoms with Gasteiger partial charge < -0.3 is 24.3 Å². The molecule has 0 bridgehead atoms. The maximum absolute atomic E-state index is 12.8. The van der Waals surface area contributed by atoms with Crippen LogP contribution in [0.1, 0.15) is 49.5 Å². The molecule has 0 saturated carbocycles. The highest BCUT2D eigenvalue weighted by Crippen LogP contribution is 2.34. The Kier molecular flexibility index (Phi) is 9.33. The Bertz CT molecular complexity index is 1320. The molecule has 0 spiro atoms. The number of hydrogen-bond donors (Lipinski definition) is 1. The van der Waals surface area contributed by atoms with E-state index in [4.69, 9.17) is 9.47 Å². The molecular formula is C25H31N5O5S2. The van der Waals surface area contributed by atoms with Crippen LogP contribution < -0.4 is 10.1 Å². The van der Waals surface area contributed by atoms with Gasteiger partial charge in [-0.25, -0.2) is 4.79 Å². The fourth-order valence-electron chi connectivity index (χ4n) is 3.45. The zero-order chi connectivity index (χ0) is 27.3. The second-order valence-corrected chi connectivity index (χ2v) is 10.4. The van der Waals surface area contributed by atoms with Crippen molar-refractivity contribution in [1.29, 1.82) is 0 Å². The van der Waals surface area contributed by atoms with E-state index in [2.05, 4.69) is 15.5 Å².